The first kappa shape index (κ1) is 16.5. The molecule has 0 N–H and O–H groups in total. The van der Waals surface area contributed by atoms with Gasteiger partial charge in [-0.1, -0.05) is 24.3 Å². The lowest BCUT2D eigenvalue weighted by atomic mass is 10.1. The van der Waals surface area contributed by atoms with E-state index in [1.54, 1.807) is 24.3 Å². The minimum absolute atomic E-state index is 0.00356. The minimum Gasteiger partial charge on any atom is -0.457 e. The van der Waals surface area contributed by atoms with Crippen LogP contribution >= 0.6 is 15.9 Å². The quantitative estimate of drug-likeness (QED) is 0.328. The second-order valence-electron chi connectivity index (χ2n) is 5.96. The molecular weight excluding hydrogens is 398 g/mol. The molecule has 0 fully saturated rings. The van der Waals surface area contributed by atoms with Crippen LogP contribution in [0.15, 0.2) is 69.1 Å². The summed E-state index contributed by atoms with van der Waals surface area (Å²) in [5, 5.41) is 10.8. The number of benzene rings is 2. The maximum Gasteiger partial charge on any atom is 0.270 e. The van der Waals surface area contributed by atoms with Gasteiger partial charge in [0.25, 0.3) is 5.69 Å². The molecule has 0 aliphatic heterocycles. The second-order valence-corrected chi connectivity index (χ2v) is 6.81. The van der Waals surface area contributed by atoms with Crippen molar-refractivity contribution in [3.8, 4) is 11.3 Å². The van der Waals surface area contributed by atoms with Gasteiger partial charge in [-0.25, -0.2) is 0 Å². The Morgan fingerprint density at radius 2 is 1.88 bits per heavy atom. The monoisotopic (exact) mass is 409 g/mol. The number of nitrogens with zero attached hydrogens (tertiary/aromatic N) is 1. The topological polar surface area (TPSA) is 73.3 Å². The average Bonchev–Trinajstić information content (AvgIpc) is 3.21. The zero-order valence-electron chi connectivity index (χ0n) is 13.4. The van der Waals surface area contributed by atoms with E-state index >= 15 is 0 Å². The maximum atomic E-state index is 12.5. The third kappa shape index (κ3) is 2.88. The van der Waals surface area contributed by atoms with E-state index in [0.717, 1.165) is 11.1 Å². The molecule has 5 nitrogen and oxygen atoms in total. The van der Waals surface area contributed by atoms with Crippen LogP contribution in [0.2, 0.25) is 0 Å². The third-order valence-corrected chi connectivity index (χ3v) is 4.96. The summed E-state index contributed by atoms with van der Waals surface area (Å²) in [4.78, 5) is 22.8. The Kier molecular flexibility index (Phi) is 4.05. The van der Waals surface area contributed by atoms with E-state index in [1.807, 2.05) is 24.3 Å². The fourth-order valence-corrected chi connectivity index (χ4v) is 3.60. The van der Waals surface area contributed by atoms with Gasteiger partial charge in [0, 0.05) is 39.7 Å². The van der Waals surface area contributed by atoms with Gasteiger partial charge in [-0.15, -0.1) is 0 Å². The van der Waals surface area contributed by atoms with Crippen LogP contribution in [0.5, 0.6) is 0 Å². The normalized spacial score (nSPS) is 14.7. The lowest BCUT2D eigenvalue weighted by Crippen LogP contribution is -1.94. The van der Waals surface area contributed by atoms with Crippen LogP contribution in [-0.2, 0) is 6.42 Å². The number of non-ortho nitro benzene ring substituents is 1. The third-order valence-electron chi connectivity index (χ3n) is 4.31. The van der Waals surface area contributed by atoms with Crippen molar-refractivity contribution >= 4 is 33.5 Å². The second kappa shape index (κ2) is 6.38. The maximum absolute atomic E-state index is 12.5. The standard InChI is InChI=1S/C20H12BrNO4/c21-18-11-14(22(24)25)5-7-17(18)19-8-6-15(26-19)10-13-9-12-3-1-2-4-16(12)20(13)23/h1-8,10-11H,9H2. The summed E-state index contributed by atoms with van der Waals surface area (Å²) in [6, 6.07) is 15.6. The molecule has 0 atom stereocenters. The number of hydrogen-bond acceptors (Lipinski definition) is 4. The van der Waals surface area contributed by atoms with Gasteiger partial charge in [0.2, 0.25) is 0 Å². The molecule has 1 aliphatic rings. The Balaban J connectivity index is 1.64. The summed E-state index contributed by atoms with van der Waals surface area (Å²) in [5.41, 5.74) is 3.16. The summed E-state index contributed by atoms with van der Waals surface area (Å²) in [6.07, 6.45) is 2.34. The molecule has 0 saturated heterocycles. The van der Waals surface area contributed by atoms with E-state index < -0.39 is 4.92 Å². The Bertz CT molecular complexity index is 1080. The predicted octanol–water partition coefficient (Wildman–Crippen LogP) is 5.44. The van der Waals surface area contributed by atoms with Crippen molar-refractivity contribution in [3.05, 3.63) is 91.6 Å². The van der Waals surface area contributed by atoms with Gasteiger partial charge in [-0.05, 0) is 45.8 Å². The van der Waals surface area contributed by atoms with Crippen molar-refractivity contribution in [1.29, 1.82) is 0 Å². The van der Waals surface area contributed by atoms with Gasteiger partial charge >= 0.3 is 0 Å². The molecule has 1 heterocycles. The largest absolute Gasteiger partial charge is 0.457 e. The molecule has 3 aromatic rings. The summed E-state index contributed by atoms with van der Waals surface area (Å²) < 4.78 is 6.41. The minimum atomic E-state index is -0.449. The van der Waals surface area contributed by atoms with Crippen molar-refractivity contribution in [2.24, 2.45) is 0 Å². The molecule has 2 aromatic carbocycles. The number of nitro groups is 1. The van der Waals surface area contributed by atoms with Crippen LogP contribution in [-0.4, -0.2) is 10.7 Å². The van der Waals surface area contributed by atoms with Gasteiger partial charge in [0.15, 0.2) is 5.78 Å². The van der Waals surface area contributed by atoms with Crippen molar-refractivity contribution in [2.75, 3.05) is 0 Å². The number of ketones is 1. The Morgan fingerprint density at radius 1 is 1.08 bits per heavy atom. The first-order chi connectivity index (χ1) is 12.5. The number of nitro benzene ring substituents is 1. The first-order valence-electron chi connectivity index (χ1n) is 7.90. The van der Waals surface area contributed by atoms with Gasteiger partial charge in [-0.2, -0.15) is 0 Å². The predicted molar refractivity (Wildman–Crippen MR) is 101 cm³/mol. The van der Waals surface area contributed by atoms with E-state index in [0.29, 0.717) is 33.6 Å². The number of fused-ring (bicyclic) bond motifs is 1. The molecular formula is C20H12BrNO4. The van der Waals surface area contributed by atoms with E-state index in [9.17, 15) is 14.9 Å². The van der Waals surface area contributed by atoms with Crippen molar-refractivity contribution in [3.63, 3.8) is 0 Å². The molecule has 4 rings (SSSR count). The molecule has 26 heavy (non-hydrogen) atoms. The van der Waals surface area contributed by atoms with Crippen LogP contribution in [0.4, 0.5) is 5.69 Å². The highest BCUT2D eigenvalue weighted by Gasteiger charge is 2.24. The number of halogens is 1. The fourth-order valence-electron chi connectivity index (χ4n) is 3.04. The zero-order chi connectivity index (χ0) is 18.3. The summed E-state index contributed by atoms with van der Waals surface area (Å²) in [7, 11) is 0. The van der Waals surface area contributed by atoms with Gasteiger partial charge in [-0.3, -0.25) is 14.9 Å². The molecule has 0 radical (unpaired) electrons. The summed E-state index contributed by atoms with van der Waals surface area (Å²) in [5.74, 6) is 1.16. The molecule has 0 saturated carbocycles. The number of carbonyl (C=O) groups is 1. The molecule has 0 bridgehead atoms. The Morgan fingerprint density at radius 3 is 2.62 bits per heavy atom. The number of carbonyl (C=O) groups excluding carboxylic acids is 1. The molecule has 0 unspecified atom stereocenters. The molecule has 0 spiro atoms. The SMILES string of the molecule is O=C1C(=Cc2ccc(-c3ccc([N+](=O)[O-])cc3Br)o2)Cc2ccccc21. The van der Waals surface area contributed by atoms with Crippen LogP contribution in [0.3, 0.4) is 0 Å². The average molecular weight is 410 g/mol. The lowest BCUT2D eigenvalue weighted by Gasteiger charge is -2.01. The van der Waals surface area contributed by atoms with E-state index in [-0.39, 0.29) is 11.5 Å². The highest BCUT2D eigenvalue weighted by molar-refractivity contribution is 9.10. The summed E-state index contributed by atoms with van der Waals surface area (Å²) >= 11 is 3.34. The Hall–Kier alpha value is -2.99. The van der Waals surface area contributed by atoms with E-state index in [2.05, 4.69) is 15.9 Å². The number of hydrogen-bond donors (Lipinski definition) is 0. The lowest BCUT2D eigenvalue weighted by molar-refractivity contribution is -0.384. The Labute approximate surface area is 157 Å². The van der Waals surface area contributed by atoms with E-state index in [4.69, 9.17) is 4.42 Å². The smallest absolute Gasteiger partial charge is 0.270 e. The van der Waals surface area contributed by atoms with Crippen molar-refractivity contribution < 1.29 is 14.1 Å². The van der Waals surface area contributed by atoms with Crippen LogP contribution < -0.4 is 0 Å². The highest BCUT2D eigenvalue weighted by atomic mass is 79.9. The molecule has 1 aliphatic carbocycles. The number of rotatable bonds is 3. The first-order valence-corrected chi connectivity index (χ1v) is 8.69. The number of furan rings is 1. The zero-order valence-corrected chi connectivity index (χ0v) is 15.0. The van der Waals surface area contributed by atoms with Crippen LogP contribution in [0, 0.1) is 10.1 Å². The molecule has 6 heteroatoms. The molecule has 128 valence electrons. The van der Waals surface area contributed by atoms with Crippen molar-refractivity contribution in [1.82, 2.24) is 0 Å². The van der Waals surface area contributed by atoms with E-state index in [1.165, 1.54) is 12.1 Å². The highest BCUT2D eigenvalue weighted by Crippen LogP contribution is 2.34. The number of Topliss-reactive ketones (excluding diaryl/α,β-unsaturated/α-hetero) is 1. The van der Waals surface area contributed by atoms with Gasteiger partial charge < -0.3 is 4.42 Å². The van der Waals surface area contributed by atoms with Crippen LogP contribution in [0.25, 0.3) is 17.4 Å². The van der Waals surface area contributed by atoms with Gasteiger partial charge in [0.1, 0.15) is 11.5 Å². The molecule has 1 aromatic heterocycles. The number of allylic oxidation sites excluding steroid dienone is 1. The summed E-state index contributed by atoms with van der Waals surface area (Å²) in [6.45, 7) is 0. The fraction of sp³-hybridized carbons (Fsp3) is 0.0500. The van der Waals surface area contributed by atoms with Gasteiger partial charge in [0.05, 0.1) is 4.92 Å². The van der Waals surface area contributed by atoms with Crippen LogP contribution in [0.1, 0.15) is 21.7 Å². The van der Waals surface area contributed by atoms with Crippen molar-refractivity contribution in [2.45, 2.75) is 6.42 Å². The molecule has 0 amide bonds.